The molecular formula is C35H41NO7. The van der Waals surface area contributed by atoms with Gasteiger partial charge in [-0.05, 0) is 46.7 Å². The van der Waals surface area contributed by atoms with Gasteiger partial charge in [0.25, 0.3) is 0 Å². The summed E-state index contributed by atoms with van der Waals surface area (Å²) in [5, 5.41) is 40.4. The van der Waals surface area contributed by atoms with Gasteiger partial charge >= 0.3 is 0 Å². The SMILES string of the molecule is CC1CC(OC2OC(CO)C(O)C(O)C2O)=CC=C(COC(c2ccccc2)(c2ccccc2)c2ccccc2)C1CN. The van der Waals surface area contributed by atoms with Crippen LogP contribution < -0.4 is 5.73 Å². The average Bonchev–Trinajstić information content (AvgIpc) is 3.20. The second kappa shape index (κ2) is 14.0. The summed E-state index contributed by atoms with van der Waals surface area (Å²) in [5.74, 6) is 0.566. The lowest BCUT2D eigenvalue weighted by Gasteiger charge is -2.40. The van der Waals surface area contributed by atoms with Crippen molar-refractivity contribution in [3.8, 4) is 0 Å². The van der Waals surface area contributed by atoms with E-state index in [2.05, 4.69) is 43.3 Å². The van der Waals surface area contributed by atoms with E-state index in [4.69, 9.17) is 19.9 Å². The summed E-state index contributed by atoms with van der Waals surface area (Å²) in [5.41, 5.74) is 9.44. The highest BCUT2D eigenvalue weighted by atomic mass is 16.7. The van der Waals surface area contributed by atoms with Crippen molar-refractivity contribution in [1.82, 2.24) is 0 Å². The summed E-state index contributed by atoms with van der Waals surface area (Å²) >= 11 is 0. The molecule has 1 aliphatic heterocycles. The smallest absolute Gasteiger partial charge is 0.228 e. The number of aliphatic hydroxyl groups is 4. The Morgan fingerprint density at radius 3 is 1.81 bits per heavy atom. The molecule has 1 saturated heterocycles. The van der Waals surface area contributed by atoms with E-state index >= 15 is 0 Å². The van der Waals surface area contributed by atoms with Gasteiger partial charge in [0.05, 0.1) is 19.0 Å². The zero-order chi connectivity index (χ0) is 30.4. The minimum atomic E-state index is -1.52. The number of hydrogen-bond acceptors (Lipinski definition) is 8. The first kappa shape index (κ1) is 31.1. The molecule has 8 heteroatoms. The Labute approximate surface area is 252 Å². The number of ether oxygens (including phenoxy) is 3. The molecule has 43 heavy (non-hydrogen) atoms. The highest BCUT2D eigenvalue weighted by Crippen LogP contribution is 2.42. The summed E-state index contributed by atoms with van der Waals surface area (Å²) in [6.07, 6.45) is -2.49. The van der Waals surface area contributed by atoms with E-state index in [1.165, 1.54) is 0 Å². The van der Waals surface area contributed by atoms with Crippen LogP contribution in [0.1, 0.15) is 30.0 Å². The number of nitrogens with two attached hydrogens (primary N) is 1. The normalized spacial score (nSPS) is 28.0. The van der Waals surface area contributed by atoms with Gasteiger partial charge < -0.3 is 40.4 Å². The number of allylic oxidation sites excluding steroid dienone is 3. The van der Waals surface area contributed by atoms with Gasteiger partial charge in [-0.1, -0.05) is 104 Å². The predicted molar refractivity (Wildman–Crippen MR) is 163 cm³/mol. The van der Waals surface area contributed by atoms with Crippen LogP contribution in [0.5, 0.6) is 0 Å². The Kier molecular flexibility index (Phi) is 10.1. The maximum absolute atomic E-state index is 10.5. The Morgan fingerprint density at radius 1 is 0.791 bits per heavy atom. The average molecular weight is 588 g/mol. The molecule has 5 rings (SSSR count). The monoisotopic (exact) mass is 587 g/mol. The molecule has 0 bridgehead atoms. The van der Waals surface area contributed by atoms with E-state index in [9.17, 15) is 20.4 Å². The van der Waals surface area contributed by atoms with E-state index in [0.717, 1.165) is 22.3 Å². The molecule has 6 N–H and O–H groups in total. The van der Waals surface area contributed by atoms with Gasteiger partial charge in [-0.2, -0.15) is 0 Å². The fraction of sp³-hybridized carbons (Fsp3) is 0.371. The summed E-state index contributed by atoms with van der Waals surface area (Å²) in [6.45, 7) is 2.24. The third kappa shape index (κ3) is 6.46. The molecule has 8 nitrogen and oxygen atoms in total. The van der Waals surface area contributed by atoms with Gasteiger partial charge in [0, 0.05) is 6.42 Å². The van der Waals surface area contributed by atoms with E-state index in [1.54, 1.807) is 0 Å². The standard InChI is InChI=1S/C35H41NO7/c1-23-19-28(42-34-33(40)32(39)31(38)30(21-37)43-34)18-17-24(29(23)20-36)22-41-35(25-11-5-2-6-12-25,26-13-7-3-8-14-26)27-15-9-4-10-16-27/h2-18,23,29-34,37-40H,19-22,36H2,1H3. The largest absolute Gasteiger partial charge is 0.466 e. The molecule has 3 aromatic carbocycles. The summed E-state index contributed by atoms with van der Waals surface area (Å²) in [6, 6.07) is 30.5. The maximum atomic E-state index is 10.5. The Bertz CT molecular complexity index is 1270. The molecule has 7 atom stereocenters. The number of hydrogen-bond donors (Lipinski definition) is 5. The second-order valence-electron chi connectivity index (χ2n) is 11.3. The molecular weight excluding hydrogens is 546 g/mol. The molecule has 7 unspecified atom stereocenters. The molecule has 0 saturated carbocycles. The highest BCUT2D eigenvalue weighted by molar-refractivity contribution is 5.47. The zero-order valence-corrected chi connectivity index (χ0v) is 24.3. The predicted octanol–water partition coefficient (Wildman–Crippen LogP) is 3.24. The summed E-state index contributed by atoms with van der Waals surface area (Å²) in [4.78, 5) is 0. The van der Waals surface area contributed by atoms with Crippen LogP contribution in [0.25, 0.3) is 0 Å². The van der Waals surface area contributed by atoms with Crippen molar-refractivity contribution in [3.63, 3.8) is 0 Å². The van der Waals surface area contributed by atoms with Crippen LogP contribution in [0, 0.1) is 11.8 Å². The van der Waals surface area contributed by atoms with Gasteiger partial charge in [0.1, 0.15) is 30.0 Å². The van der Waals surface area contributed by atoms with Crippen molar-refractivity contribution >= 4 is 0 Å². The number of benzene rings is 3. The van der Waals surface area contributed by atoms with Crippen molar-refractivity contribution < 1.29 is 34.6 Å². The summed E-state index contributed by atoms with van der Waals surface area (Å²) < 4.78 is 18.7. The van der Waals surface area contributed by atoms with E-state index in [-0.39, 0.29) is 18.4 Å². The van der Waals surface area contributed by atoms with Gasteiger partial charge in [-0.15, -0.1) is 0 Å². The quantitative estimate of drug-likeness (QED) is 0.228. The van der Waals surface area contributed by atoms with Crippen molar-refractivity contribution in [1.29, 1.82) is 0 Å². The maximum Gasteiger partial charge on any atom is 0.228 e. The van der Waals surface area contributed by atoms with Crippen LogP contribution in [0.2, 0.25) is 0 Å². The van der Waals surface area contributed by atoms with Crippen molar-refractivity contribution in [2.24, 2.45) is 17.6 Å². The van der Waals surface area contributed by atoms with Crippen LogP contribution in [-0.2, 0) is 19.8 Å². The minimum absolute atomic E-state index is 0.0211. The molecule has 0 radical (unpaired) electrons. The topological polar surface area (TPSA) is 135 Å². The van der Waals surface area contributed by atoms with Crippen LogP contribution in [-0.4, -0.2) is 70.9 Å². The molecule has 0 spiro atoms. The zero-order valence-electron chi connectivity index (χ0n) is 24.3. The minimum Gasteiger partial charge on any atom is -0.466 e. The van der Waals surface area contributed by atoms with Crippen LogP contribution in [0.3, 0.4) is 0 Å². The lowest BCUT2D eigenvalue weighted by molar-refractivity contribution is -0.292. The molecule has 1 heterocycles. The number of aliphatic hydroxyl groups excluding tert-OH is 4. The fourth-order valence-electron chi connectivity index (χ4n) is 6.12. The first-order valence-electron chi connectivity index (χ1n) is 14.8. The van der Waals surface area contributed by atoms with E-state index in [0.29, 0.717) is 18.7 Å². The van der Waals surface area contributed by atoms with E-state index in [1.807, 2.05) is 66.7 Å². The summed E-state index contributed by atoms with van der Waals surface area (Å²) in [7, 11) is 0. The van der Waals surface area contributed by atoms with Crippen LogP contribution in [0.4, 0.5) is 0 Å². The Morgan fingerprint density at radius 2 is 1.33 bits per heavy atom. The van der Waals surface area contributed by atoms with Gasteiger partial charge in [0.15, 0.2) is 0 Å². The molecule has 1 fully saturated rings. The molecule has 3 aromatic rings. The van der Waals surface area contributed by atoms with Gasteiger partial charge in [0.2, 0.25) is 6.29 Å². The molecule has 2 aliphatic rings. The Hall–Kier alpha value is -3.34. The van der Waals surface area contributed by atoms with Gasteiger partial charge in [-0.25, -0.2) is 0 Å². The fourth-order valence-corrected chi connectivity index (χ4v) is 6.12. The third-order valence-corrected chi connectivity index (χ3v) is 8.54. The molecule has 0 aromatic heterocycles. The first-order valence-corrected chi connectivity index (χ1v) is 14.8. The van der Waals surface area contributed by atoms with E-state index < -0.39 is 42.9 Å². The van der Waals surface area contributed by atoms with Crippen molar-refractivity contribution in [2.45, 2.75) is 49.7 Å². The van der Waals surface area contributed by atoms with Crippen LogP contribution in [0.15, 0.2) is 114 Å². The lowest BCUT2D eigenvalue weighted by Crippen LogP contribution is -2.59. The molecule has 228 valence electrons. The first-order chi connectivity index (χ1) is 20.9. The third-order valence-electron chi connectivity index (χ3n) is 8.54. The second-order valence-corrected chi connectivity index (χ2v) is 11.3. The Balaban J connectivity index is 1.48. The van der Waals surface area contributed by atoms with Gasteiger partial charge in [-0.3, -0.25) is 0 Å². The van der Waals surface area contributed by atoms with Crippen molar-refractivity contribution in [3.05, 3.63) is 131 Å². The highest BCUT2D eigenvalue weighted by Gasteiger charge is 2.45. The number of rotatable bonds is 10. The molecule has 0 amide bonds. The molecule has 1 aliphatic carbocycles. The lowest BCUT2D eigenvalue weighted by atomic mass is 9.79. The van der Waals surface area contributed by atoms with Crippen molar-refractivity contribution in [2.75, 3.05) is 19.8 Å². The van der Waals surface area contributed by atoms with Crippen LogP contribution >= 0.6 is 0 Å².